The number of carbonyl (C=O) groups is 1. The Hall–Kier alpha value is -2.25. The van der Waals surface area contributed by atoms with E-state index in [-0.39, 0.29) is 6.54 Å². The molecule has 0 radical (unpaired) electrons. The SMILES string of the molecule is Cc1ccc(NC(=O)[C@@H]2CCCN2S(=O)(=O)c2ccccc2F)cc1C. The molecule has 1 N–H and O–H groups in total. The van der Waals surface area contributed by atoms with Gasteiger partial charge in [0.2, 0.25) is 15.9 Å². The number of nitrogens with zero attached hydrogens (tertiary/aromatic N) is 1. The van der Waals surface area contributed by atoms with Crippen molar-refractivity contribution in [2.45, 2.75) is 37.6 Å². The summed E-state index contributed by atoms with van der Waals surface area (Å²) in [5.41, 5.74) is 2.76. The third-order valence-corrected chi connectivity index (χ3v) is 6.65. The first-order chi connectivity index (χ1) is 12.3. The van der Waals surface area contributed by atoms with Gasteiger partial charge in [0.1, 0.15) is 16.8 Å². The maximum atomic E-state index is 14.0. The minimum Gasteiger partial charge on any atom is -0.325 e. The van der Waals surface area contributed by atoms with E-state index >= 15 is 0 Å². The van der Waals surface area contributed by atoms with Crippen LogP contribution in [0.2, 0.25) is 0 Å². The first-order valence-corrected chi connectivity index (χ1v) is 9.89. The molecule has 0 aromatic heterocycles. The molecule has 1 heterocycles. The molecule has 0 unspecified atom stereocenters. The van der Waals surface area contributed by atoms with Crippen LogP contribution in [-0.2, 0) is 14.8 Å². The summed E-state index contributed by atoms with van der Waals surface area (Å²) in [6.45, 7) is 4.11. The molecule has 1 saturated heterocycles. The average molecular weight is 376 g/mol. The van der Waals surface area contributed by atoms with Gasteiger partial charge in [0, 0.05) is 12.2 Å². The predicted molar refractivity (Wildman–Crippen MR) is 97.9 cm³/mol. The molecule has 5 nitrogen and oxygen atoms in total. The van der Waals surface area contributed by atoms with Gasteiger partial charge >= 0.3 is 0 Å². The van der Waals surface area contributed by atoms with Crippen molar-refractivity contribution in [2.24, 2.45) is 0 Å². The molecule has 138 valence electrons. The van der Waals surface area contributed by atoms with Crippen LogP contribution in [0, 0.1) is 19.7 Å². The second kappa shape index (κ2) is 7.17. The number of hydrogen-bond acceptors (Lipinski definition) is 3. The minimum atomic E-state index is -4.07. The van der Waals surface area contributed by atoms with Gasteiger partial charge in [-0.25, -0.2) is 12.8 Å². The molecule has 0 spiro atoms. The lowest BCUT2D eigenvalue weighted by atomic mass is 10.1. The summed E-state index contributed by atoms with van der Waals surface area (Å²) in [4.78, 5) is 12.3. The lowest BCUT2D eigenvalue weighted by Crippen LogP contribution is -2.43. The van der Waals surface area contributed by atoms with Crippen LogP contribution in [0.1, 0.15) is 24.0 Å². The number of anilines is 1. The Labute approximate surface area is 152 Å². The number of amides is 1. The van der Waals surface area contributed by atoms with Crippen molar-refractivity contribution in [3.8, 4) is 0 Å². The molecule has 26 heavy (non-hydrogen) atoms. The van der Waals surface area contributed by atoms with E-state index in [1.54, 1.807) is 6.07 Å². The predicted octanol–water partition coefficient (Wildman–Crippen LogP) is 3.23. The standard InChI is InChI=1S/C19H21FN2O3S/c1-13-9-10-15(12-14(13)2)21-19(23)17-7-5-11-22(17)26(24,25)18-8-4-3-6-16(18)20/h3-4,6,8-10,12,17H,5,7,11H2,1-2H3,(H,21,23)/t17-/m0/s1. The normalized spacial score (nSPS) is 18.0. The Morgan fingerprint density at radius 2 is 1.88 bits per heavy atom. The molecule has 3 rings (SSSR count). The van der Waals surface area contributed by atoms with Crippen molar-refractivity contribution in [2.75, 3.05) is 11.9 Å². The van der Waals surface area contributed by atoms with Gasteiger partial charge in [0.15, 0.2) is 0 Å². The lowest BCUT2D eigenvalue weighted by molar-refractivity contribution is -0.119. The summed E-state index contributed by atoms with van der Waals surface area (Å²) in [6.07, 6.45) is 0.961. The number of carbonyl (C=O) groups excluding carboxylic acids is 1. The van der Waals surface area contributed by atoms with Gasteiger partial charge in [-0.2, -0.15) is 4.31 Å². The second-order valence-electron chi connectivity index (χ2n) is 6.49. The molecule has 1 aliphatic rings. The summed E-state index contributed by atoms with van der Waals surface area (Å²) in [5.74, 6) is -1.21. The van der Waals surface area contributed by atoms with Gasteiger partial charge in [-0.1, -0.05) is 18.2 Å². The van der Waals surface area contributed by atoms with E-state index in [4.69, 9.17) is 0 Å². The monoisotopic (exact) mass is 376 g/mol. The van der Waals surface area contributed by atoms with Crippen LogP contribution in [0.15, 0.2) is 47.4 Å². The molecule has 2 aromatic carbocycles. The van der Waals surface area contributed by atoms with E-state index in [0.717, 1.165) is 21.5 Å². The molecule has 1 aliphatic heterocycles. The number of aryl methyl sites for hydroxylation is 2. The number of sulfonamides is 1. The zero-order valence-corrected chi connectivity index (χ0v) is 15.5. The highest BCUT2D eigenvalue weighted by Crippen LogP contribution is 2.28. The molecular formula is C19H21FN2O3S. The lowest BCUT2D eigenvalue weighted by Gasteiger charge is -2.23. The molecule has 0 saturated carbocycles. The van der Waals surface area contributed by atoms with Crippen LogP contribution >= 0.6 is 0 Å². The molecule has 7 heteroatoms. The zero-order chi connectivity index (χ0) is 18.9. The van der Waals surface area contributed by atoms with Crippen molar-refractivity contribution >= 4 is 21.6 Å². The van der Waals surface area contributed by atoms with Crippen LogP contribution in [-0.4, -0.2) is 31.2 Å². The van der Waals surface area contributed by atoms with Gasteiger partial charge in [0.25, 0.3) is 0 Å². The van der Waals surface area contributed by atoms with Gasteiger partial charge in [0.05, 0.1) is 0 Å². The van der Waals surface area contributed by atoms with Crippen LogP contribution in [0.3, 0.4) is 0 Å². The number of rotatable bonds is 4. The van der Waals surface area contributed by atoms with Crippen LogP contribution in [0.25, 0.3) is 0 Å². The second-order valence-corrected chi connectivity index (χ2v) is 8.35. The van der Waals surface area contributed by atoms with Crippen molar-refractivity contribution in [1.29, 1.82) is 0 Å². The molecule has 1 amide bonds. The van der Waals surface area contributed by atoms with E-state index in [0.29, 0.717) is 18.5 Å². The topological polar surface area (TPSA) is 66.5 Å². The minimum absolute atomic E-state index is 0.196. The Morgan fingerprint density at radius 1 is 1.15 bits per heavy atom. The quantitative estimate of drug-likeness (QED) is 0.891. The fourth-order valence-corrected chi connectivity index (χ4v) is 4.84. The molecule has 0 bridgehead atoms. The van der Waals surface area contributed by atoms with Crippen LogP contribution in [0.4, 0.5) is 10.1 Å². The fraction of sp³-hybridized carbons (Fsp3) is 0.316. The Morgan fingerprint density at radius 3 is 2.58 bits per heavy atom. The Kier molecular flexibility index (Phi) is 5.11. The summed E-state index contributed by atoms with van der Waals surface area (Å²) in [7, 11) is -4.07. The smallest absolute Gasteiger partial charge is 0.246 e. The number of benzene rings is 2. The van der Waals surface area contributed by atoms with Gasteiger partial charge < -0.3 is 5.32 Å². The third-order valence-electron chi connectivity index (χ3n) is 4.70. The zero-order valence-electron chi connectivity index (χ0n) is 14.7. The molecule has 0 aliphatic carbocycles. The van der Waals surface area contributed by atoms with E-state index in [1.807, 2.05) is 26.0 Å². The largest absolute Gasteiger partial charge is 0.325 e. The summed E-state index contributed by atoms with van der Waals surface area (Å²) in [5, 5.41) is 2.78. The first-order valence-electron chi connectivity index (χ1n) is 8.45. The van der Waals surface area contributed by atoms with Gasteiger partial charge in [-0.15, -0.1) is 0 Å². The average Bonchev–Trinajstić information content (AvgIpc) is 3.09. The Balaban J connectivity index is 1.84. The highest BCUT2D eigenvalue weighted by molar-refractivity contribution is 7.89. The van der Waals surface area contributed by atoms with Crippen LogP contribution < -0.4 is 5.32 Å². The van der Waals surface area contributed by atoms with Gasteiger partial charge in [-0.05, 0) is 62.1 Å². The molecule has 2 aromatic rings. The van der Waals surface area contributed by atoms with E-state index in [9.17, 15) is 17.6 Å². The summed E-state index contributed by atoms with van der Waals surface area (Å²) in [6, 6.07) is 9.91. The summed E-state index contributed by atoms with van der Waals surface area (Å²) < 4.78 is 40.7. The number of halogens is 1. The maximum absolute atomic E-state index is 14.0. The first kappa shape index (κ1) is 18.5. The van der Waals surface area contributed by atoms with Crippen molar-refractivity contribution in [3.05, 3.63) is 59.4 Å². The van der Waals surface area contributed by atoms with Crippen LogP contribution in [0.5, 0.6) is 0 Å². The van der Waals surface area contributed by atoms with Crippen molar-refractivity contribution in [3.63, 3.8) is 0 Å². The van der Waals surface area contributed by atoms with E-state index in [1.165, 1.54) is 18.2 Å². The molecular weight excluding hydrogens is 355 g/mol. The van der Waals surface area contributed by atoms with Crippen molar-refractivity contribution in [1.82, 2.24) is 4.31 Å². The summed E-state index contributed by atoms with van der Waals surface area (Å²) >= 11 is 0. The van der Waals surface area contributed by atoms with E-state index < -0.39 is 32.7 Å². The fourth-order valence-electron chi connectivity index (χ4n) is 3.11. The number of hydrogen-bond donors (Lipinski definition) is 1. The third kappa shape index (κ3) is 3.50. The highest BCUT2D eigenvalue weighted by atomic mass is 32.2. The van der Waals surface area contributed by atoms with Crippen molar-refractivity contribution < 1.29 is 17.6 Å². The Bertz CT molecular complexity index is 944. The van der Waals surface area contributed by atoms with Gasteiger partial charge in [-0.3, -0.25) is 4.79 Å². The molecule has 1 atom stereocenters. The van der Waals surface area contributed by atoms with E-state index in [2.05, 4.69) is 5.32 Å². The maximum Gasteiger partial charge on any atom is 0.246 e. The highest BCUT2D eigenvalue weighted by Gasteiger charge is 2.40. The molecule has 1 fully saturated rings. The number of nitrogens with one attached hydrogen (secondary N) is 1.